The molecule has 0 aliphatic heterocycles. The zero-order valence-electron chi connectivity index (χ0n) is 14.5. The van der Waals surface area contributed by atoms with Crippen LogP contribution in [0.5, 0.6) is 11.5 Å². The number of amides is 1. The Balaban J connectivity index is 1.96. The zero-order valence-corrected chi connectivity index (χ0v) is 15.4. The summed E-state index contributed by atoms with van der Waals surface area (Å²) in [7, 11) is 1.59. The van der Waals surface area contributed by atoms with Gasteiger partial charge in [-0.1, -0.05) is 26.0 Å². The van der Waals surface area contributed by atoms with Crippen LogP contribution >= 0.6 is 12.2 Å². The molecular formula is C19H22N2O3S. The molecule has 0 fully saturated rings. The van der Waals surface area contributed by atoms with E-state index >= 15 is 0 Å². The van der Waals surface area contributed by atoms with Gasteiger partial charge in [0.1, 0.15) is 11.5 Å². The second-order valence-corrected chi connectivity index (χ2v) is 6.28. The van der Waals surface area contributed by atoms with Crippen molar-refractivity contribution in [3.05, 3.63) is 54.1 Å². The zero-order chi connectivity index (χ0) is 18.2. The van der Waals surface area contributed by atoms with Crippen molar-refractivity contribution in [3.63, 3.8) is 0 Å². The summed E-state index contributed by atoms with van der Waals surface area (Å²) in [6.07, 6.45) is 0. The van der Waals surface area contributed by atoms with Gasteiger partial charge >= 0.3 is 0 Å². The molecule has 0 saturated heterocycles. The topological polar surface area (TPSA) is 59.6 Å². The van der Waals surface area contributed by atoms with Crippen LogP contribution in [0.2, 0.25) is 0 Å². The SMILES string of the molecule is COc1cccc(NC(=S)NC(=O)c2cccc(OCC(C)C)c2)c1. The quantitative estimate of drug-likeness (QED) is 0.768. The molecule has 0 spiro atoms. The molecule has 0 saturated carbocycles. The minimum Gasteiger partial charge on any atom is -0.497 e. The molecule has 0 bridgehead atoms. The third-order valence-corrected chi connectivity index (χ3v) is 3.44. The van der Waals surface area contributed by atoms with Gasteiger partial charge in [0.15, 0.2) is 5.11 Å². The highest BCUT2D eigenvalue weighted by atomic mass is 32.1. The first-order valence-corrected chi connectivity index (χ1v) is 8.38. The molecular weight excluding hydrogens is 336 g/mol. The Bertz CT molecular complexity index is 747. The van der Waals surface area contributed by atoms with E-state index in [4.69, 9.17) is 21.7 Å². The Hall–Kier alpha value is -2.60. The monoisotopic (exact) mass is 358 g/mol. The first-order chi connectivity index (χ1) is 12.0. The lowest BCUT2D eigenvalue weighted by Gasteiger charge is -2.12. The molecule has 5 nitrogen and oxygen atoms in total. The van der Waals surface area contributed by atoms with Gasteiger partial charge in [-0.2, -0.15) is 0 Å². The van der Waals surface area contributed by atoms with Crippen LogP contribution in [-0.4, -0.2) is 24.7 Å². The molecule has 1 amide bonds. The summed E-state index contributed by atoms with van der Waals surface area (Å²) in [5.74, 6) is 1.48. The van der Waals surface area contributed by atoms with Gasteiger partial charge < -0.3 is 14.8 Å². The van der Waals surface area contributed by atoms with Crippen LogP contribution in [0, 0.1) is 5.92 Å². The highest BCUT2D eigenvalue weighted by Crippen LogP contribution is 2.17. The number of hydrogen-bond acceptors (Lipinski definition) is 4. The number of rotatable bonds is 6. The van der Waals surface area contributed by atoms with Gasteiger partial charge in [-0.15, -0.1) is 0 Å². The van der Waals surface area contributed by atoms with Gasteiger partial charge in [0.05, 0.1) is 13.7 Å². The summed E-state index contributed by atoms with van der Waals surface area (Å²) in [6.45, 7) is 4.74. The van der Waals surface area contributed by atoms with E-state index < -0.39 is 0 Å². The van der Waals surface area contributed by atoms with Crippen LogP contribution in [-0.2, 0) is 0 Å². The number of nitrogens with one attached hydrogen (secondary N) is 2. The van der Waals surface area contributed by atoms with Crippen LogP contribution in [0.15, 0.2) is 48.5 Å². The van der Waals surface area contributed by atoms with Crippen molar-refractivity contribution in [3.8, 4) is 11.5 Å². The molecule has 0 heterocycles. The Morgan fingerprint density at radius 1 is 1.12 bits per heavy atom. The smallest absolute Gasteiger partial charge is 0.257 e. The van der Waals surface area contributed by atoms with E-state index in [9.17, 15) is 4.79 Å². The predicted molar refractivity (Wildman–Crippen MR) is 103 cm³/mol. The van der Waals surface area contributed by atoms with Gasteiger partial charge in [0.25, 0.3) is 5.91 Å². The maximum absolute atomic E-state index is 12.3. The van der Waals surface area contributed by atoms with Crippen molar-refractivity contribution < 1.29 is 14.3 Å². The van der Waals surface area contributed by atoms with Gasteiger partial charge in [0.2, 0.25) is 0 Å². The summed E-state index contributed by atoms with van der Waals surface area (Å²) < 4.78 is 10.8. The molecule has 0 aliphatic rings. The lowest BCUT2D eigenvalue weighted by Crippen LogP contribution is -2.34. The van der Waals surface area contributed by atoms with Gasteiger partial charge in [0, 0.05) is 17.3 Å². The molecule has 132 valence electrons. The second kappa shape index (κ2) is 9.03. The largest absolute Gasteiger partial charge is 0.497 e. The lowest BCUT2D eigenvalue weighted by molar-refractivity contribution is 0.0977. The van der Waals surface area contributed by atoms with Crippen molar-refractivity contribution in [2.24, 2.45) is 5.92 Å². The minimum absolute atomic E-state index is 0.215. The molecule has 2 rings (SSSR count). The maximum atomic E-state index is 12.3. The molecule has 2 aromatic carbocycles. The molecule has 0 atom stereocenters. The number of hydrogen-bond donors (Lipinski definition) is 2. The van der Waals surface area contributed by atoms with E-state index in [0.29, 0.717) is 29.6 Å². The van der Waals surface area contributed by atoms with E-state index in [1.54, 1.807) is 31.4 Å². The first-order valence-electron chi connectivity index (χ1n) is 7.97. The van der Waals surface area contributed by atoms with Gasteiger partial charge in [-0.3, -0.25) is 10.1 Å². The highest BCUT2D eigenvalue weighted by molar-refractivity contribution is 7.80. The van der Waals surface area contributed by atoms with Crippen molar-refractivity contribution in [1.29, 1.82) is 0 Å². The molecule has 0 radical (unpaired) electrons. The summed E-state index contributed by atoms with van der Waals surface area (Å²) >= 11 is 5.19. The summed E-state index contributed by atoms with van der Waals surface area (Å²) in [4.78, 5) is 12.3. The number of anilines is 1. The third kappa shape index (κ3) is 6.08. The highest BCUT2D eigenvalue weighted by Gasteiger charge is 2.09. The fourth-order valence-corrected chi connectivity index (χ4v) is 2.24. The average Bonchev–Trinajstić information content (AvgIpc) is 2.60. The lowest BCUT2D eigenvalue weighted by atomic mass is 10.2. The van der Waals surface area contributed by atoms with Crippen LogP contribution in [0.25, 0.3) is 0 Å². The van der Waals surface area contributed by atoms with Gasteiger partial charge in [-0.05, 0) is 48.5 Å². The number of carbonyl (C=O) groups excluding carboxylic acids is 1. The summed E-state index contributed by atoms with van der Waals surface area (Å²) in [5.41, 5.74) is 1.22. The fraction of sp³-hybridized carbons (Fsp3) is 0.263. The van der Waals surface area contributed by atoms with Crippen LogP contribution in [0.1, 0.15) is 24.2 Å². The molecule has 0 unspecified atom stereocenters. The molecule has 6 heteroatoms. The number of ether oxygens (including phenoxy) is 2. The third-order valence-electron chi connectivity index (χ3n) is 3.23. The molecule has 2 aromatic rings. The summed E-state index contributed by atoms with van der Waals surface area (Å²) in [5, 5.41) is 5.83. The molecule has 25 heavy (non-hydrogen) atoms. The Morgan fingerprint density at radius 3 is 2.56 bits per heavy atom. The van der Waals surface area contributed by atoms with Crippen molar-refractivity contribution in [2.45, 2.75) is 13.8 Å². The van der Waals surface area contributed by atoms with Crippen molar-refractivity contribution >= 4 is 28.9 Å². The maximum Gasteiger partial charge on any atom is 0.257 e. The van der Waals surface area contributed by atoms with Gasteiger partial charge in [-0.25, -0.2) is 0 Å². The van der Waals surface area contributed by atoms with E-state index in [1.807, 2.05) is 24.3 Å². The van der Waals surface area contributed by atoms with E-state index in [1.165, 1.54) is 0 Å². The number of benzene rings is 2. The Morgan fingerprint density at radius 2 is 1.84 bits per heavy atom. The average molecular weight is 358 g/mol. The van der Waals surface area contributed by atoms with Crippen LogP contribution in [0.4, 0.5) is 5.69 Å². The predicted octanol–water partition coefficient (Wildman–Crippen LogP) is 3.86. The van der Waals surface area contributed by atoms with E-state index in [-0.39, 0.29) is 11.0 Å². The number of methoxy groups -OCH3 is 1. The number of thiocarbonyl (C=S) groups is 1. The van der Waals surface area contributed by atoms with E-state index in [0.717, 1.165) is 5.69 Å². The minimum atomic E-state index is -0.296. The summed E-state index contributed by atoms with van der Waals surface area (Å²) in [6, 6.07) is 14.3. The molecule has 0 aromatic heterocycles. The fourth-order valence-electron chi connectivity index (χ4n) is 2.03. The standard InChI is InChI=1S/C19H22N2O3S/c1-13(2)12-24-17-9-4-6-14(10-17)18(22)21-19(25)20-15-7-5-8-16(11-15)23-3/h4-11,13H,12H2,1-3H3,(H2,20,21,22,25). The Labute approximate surface area is 153 Å². The first kappa shape index (κ1) is 18.7. The van der Waals surface area contributed by atoms with Crippen LogP contribution < -0.4 is 20.1 Å². The van der Waals surface area contributed by atoms with Crippen molar-refractivity contribution in [1.82, 2.24) is 5.32 Å². The Kier molecular flexibility index (Phi) is 6.77. The molecule has 0 aliphatic carbocycles. The number of carbonyl (C=O) groups is 1. The van der Waals surface area contributed by atoms with Crippen molar-refractivity contribution in [2.75, 3.05) is 19.0 Å². The normalized spacial score (nSPS) is 10.2. The molecule has 2 N–H and O–H groups in total. The van der Waals surface area contributed by atoms with Crippen LogP contribution in [0.3, 0.4) is 0 Å². The second-order valence-electron chi connectivity index (χ2n) is 5.87. The van der Waals surface area contributed by atoms with E-state index in [2.05, 4.69) is 24.5 Å².